The molecule has 0 radical (unpaired) electrons. The van der Waals surface area contributed by atoms with Gasteiger partial charge in [-0.05, 0) is 75.5 Å². The molecule has 4 fully saturated rings. The van der Waals surface area contributed by atoms with Gasteiger partial charge in [-0.1, -0.05) is 11.6 Å². The van der Waals surface area contributed by atoms with E-state index in [1.807, 2.05) is 0 Å². The fourth-order valence-electron chi connectivity index (χ4n) is 5.55. The van der Waals surface area contributed by atoms with Gasteiger partial charge in [0, 0.05) is 9.90 Å². The molecule has 0 aromatic heterocycles. The maximum atomic E-state index is 13.9. The van der Waals surface area contributed by atoms with Crippen LogP contribution in [0.1, 0.15) is 45.4 Å². The van der Waals surface area contributed by atoms with Gasteiger partial charge in [0.15, 0.2) is 6.10 Å². The number of alkyl halides is 1. The molecule has 0 spiro atoms. The molecule has 0 aliphatic heterocycles. The highest BCUT2D eigenvalue weighted by atomic mass is 35.5. The van der Waals surface area contributed by atoms with Gasteiger partial charge in [-0.15, -0.1) is 11.6 Å². The van der Waals surface area contributed by atoms with Crippen LogP contribution in [0.15, 0.2) is 18.2 Å². The molecule has 0 saturated heterocycles. The van der Waals surface area contributed by atoms with Crippen LogP contribution < -0.4 is 5.32 Å². The number of amides is 1. The van der Waals surface area contributed by atoms with Gasteiger partial charge in [-0.2, -0.15) is 0 Å². The van der Waals surface area contributed by atoms with Crippen LogP contribution >= 0.6 is 23.2 Å². The number of ether oxygens (including phenoxy) is 1. The van der Waals surface area contributed by atoms with E-state index in [0.717, 1.165) is 38.2 Å². The first-order chi connectivity index (χ1) is 12.7. The minimum Gasteiger partial charge on any atom is -0.452 e. The van der Waals surface area contributed by atoms with E-state index >= 15 is 0 Å². The summed E-state index contributed by atoms with van der Waals surface area (Å²) in [5, 5.41) is 2.69. The van der Waals surface area contributed by atoms with E-state index in [9.17, 15) is 14.0 Å². The molecule has 4 nitrogen and oxygen atoms in total. The Morgan fingerprint density at radius 3 is 2.52 bits per heavy atom. The number of carbonyl (C=O) groups excluding carboxylic acids is 2. The van der Waals surface area contributed by atoms with Gasteiger partial charge in [0.25, 0.3) is 5.91 Å². The summed E-state index contributed by atoms with van der Waals surface area (Å²) in [5.74, 6) is -0.637. The summed E-state index contributed by atoms with van der Waals surface area (Å²) in [6.45, 7) is 1.50. The number of anilines is 1. The van der Waals surface area contributed by atoms with E-state index in [0.29, 0.717) is 18.3 Å². The van der Waals surface area contributed by atoms with Crippen molar-refractivity contribution in [2.75, 3.05) is 5.32 Å². The molecule has 0 heterocycles. The summed E-state index contributed by atoms with van der Waals surface area (Å²) in [4.78, 5) is 25.0. The van der Waals surface area contributed by atoms with E-state index in [1.54, 1.807) is 0 Å². The van der Waals surface area contributed by atoms with Crippen molar-refractivity contribution < 1.29 is 18.7 Å². The number of rotatable bonds is 4. The standard InChI is InChI=1S/C20H22Cl2FNO3/c1-11(17(25)24-16-3-2-14(21)5-15(16)23)27-18(26)19-6-12-4-13(7-19)9-20(22,8-12)10-19/h2-3,5,11-13H,4,6-10H2,1H3,(H,24,25)/t11-,12+,13+,19?,20?/m0/s1. The third kappa shape index (κ3) is 3.56. The second-order valence-corrected chi connectivity index (χ2v) is 9.79. The maximum absolute atomic E-state index is 13.9. The van der Waals surface area contributed by atoms with Crippen molar-refractivity contribution in [3.8, 4) is 0 Å². The zero-order chi connectivity index (χ0) is 19.4. The molecule has 4 aliphatic carbocycles. The van der Waals surface area contributed by atoms with Gasteiger partial charge < -0.3 is 10.1 Å². The predicted molar refractivity (Wildman–Crippen MR) is 101 cm³/mol. The minimum atomic E-state index is -1.02. The second kappa shape index (κ2) is 6.63. The first kappa shape index (κ1) is 19.0. The lowest BCUT2D eigenvalue weighted by molar-refractivity contribution is -0.176. The molecule has 4 aliphatic rings. The van der Waals surface area contributed by atoms with Crippen molar-refractivity contribution in [3.63, 3.8) is 0 Å². The molecule has 3 atom stereocenters. The van der Waals surface area contributed by atoms with Gasteiger partial charge in [-0.3, -0.25) is 9.59 Å². The first-order valence-corrected chi connectivity index (χ1v) is 10.1. The Bertz CT molecular complexity index is 785. The van der Waals surface area contributed by atoms with Gasteiger partial charge in [0.1, 0.15) is 5.82 Å². The van der Waals surface area contributed by atoms with Crippen molar-refractivity contribution >= 4 is 40.8 Å². The predicted octanol–water partition coefficient (Wildman–Crippen LogP) is 4.93. The number of benzene rings is 1. The van der Waals surface area contributed by atoms with Crippen molar-refractivity contribution in [2.24, 2.45) is 17.3 Å². The lowest BCUT2D eigenvalue weighted by atomic mass is 9.49. The summed E-state index contributed by atoms with van der Waals surface area (Å²) in [5.41, 5.74) is -0.576. The average Bonchev–Trinajstić information content (AvgIpc) is 2.55. The summed E-state index contributed by atoms with van der Waals surface area (Å²) in [6.07, 6.45) is 4.24. The lowest BCUT2D eigenvalue weighted by Crippen LogP contribution is -2.57. The Morgan fingerprint density at radius 1 is 1.26 bits per heavy atom. The highest BCUT2D eigenvalue weighted by Crippen LogP contribution is 2.64. The van der Waals surface area contributed by atoms with E-state index in [2.05, 4.69) is 5.32 Å². The van der Waals surface area contributed by atoms with Crippen molar-refractivity contribution in [3.05, 3.63) is 29.0 Å². The third-order valence-corrected chi connectivity index (χ3v) is 6.94. The van der Waals surface area contributed by atoms with Crippen molar-refractivity contribution in [1.82, 2.24) is 0 Å². The molecule has 1 amide bonds. The van der Waals surface area contributed by atoms with Crippen LogP contribution in [-0.4, -0.2) is 22.9 Å². The summed E-state index contributed by atoms with van der Waals surface area (Å²) in [6, 6.07) is 3.97. The fraction of sp³-hybridized carbons (Fsp3) is 0.600. The zero-order valence-electron chi connectivity index (χ0n) is 15.1. The first-order valence-electron chi connectivity index (χ1n) is 9.34. The lowest BCUT2D eigenvalue weighted by Gasteiger charge is -2.58. The number of nitrogens with one attached hydrogen (secondary N) is 1. The SMILES string of the molecule is C[C@H](OC(=O)C12C[C@H]3C[C@@H](CC(Cl)(C3)C1)C2)C(=O)Nc1ccc(Cl)cc1F. The van der Waals surface area contributed by atoms with Crippen LogP contribution in [0, 0.1) is 23.1 Å². The third-order valence-electron chi connectivity index (χ3n) is 6.26. The number of hydrogen-bond donors (Lipinski definition) is 1. The summed E-state index contributed by atoms with van der Waals surface area (Å²) >= 11 is 12.5. The Labute approximate surface area is 167 Å². The highest BCUT2D eigenvalue weighted by Gasteiger charge is 2.61. The Hall–Kier alpha value is -1.33. The molecular formula is C20H22Cl2FNO3. The highest BCUT2D eigenvalue weighted by molar-refractivity contribution is 6.30. The number of carbonyl (C=O) groups is 2. The molecule has 5 rings (SSSR count). The van der Waals surface area contributed by atoms with Crippen molar-refractivity contribution in [2.45, 2.75) is 56.4 Å². The van der Waals surface area contributed by atoms with Crippen LogP contribution in [0.2, 0.25) is 5.02 Å². The Kier molecular flexibility index (Phi) is 4.66. The topological polar surface area (TPSA) is 55.4 Å². The molecule has 1 aromatic carbocycles. The van der Waals surface area contributed by atoms with Crippen LogP contribution in [0.4, 0.5) is 10.1 Å². The molecule has 4 saturated carbocycles. The Balaban J connectivity index is 1.42. The zero-order valence-corrected chi connectivity index (χ0v) is 16.6. The second-order valence-electron chi connectivity index (χ2n) is 8.55. The smallest absolute Gasteiger partial charge is 0.312 e. The molecule has 4 bridgehead atoms. The molecule has 7 heteroatoms. The van der Waals surface area contributed by atoms with Gasteiger partial charge in [0.2, 0.25) is 0 Å². The minimum absolute atomic E-state index is 0.00168. The summed E-state index contributed by atoms with van der Waals surface area (Å²) < 4.78 is 19.4. The van der Waals surface area contributed by atoms with Crippen LogP contribution in [0.25, 0.3) is 0 Å². The molecule has 146 valence electrons. The molecule has 1 N–H and O–H groups in total. The molecule has 1 aromatic rings. The number of esters is 1. The van der Waals surface area contributed by atoms with Gasteiger partial charge in [0.05, 0.1) is 11.1 Å². The average molecular weight is 414 g/mol. The normalized spacial score (nSPS) is 35.0. The van der Waals surface area contributed by atoms with E-state index in [4.69, 9.17) is 27.9 Å². The maximum Gasteiger partial charge on any atom is 0.312 e. The fourth-order valence-corrected chi connectivity index (χ4v) is 6.40. The molecule has 0 unspecified atom stereocenters. The quantitative estimate of drug-likeness (QED) is 0.562. The Morgan fingerprint density at radius 2 is 1.93 bits per heavy atom. The van der Waals surface area contributed by atoms with Crippen LogP contribution in [-0.2, 0) is 14.3 Å². The van der Waals surface area contributed by atoms with Crippen LogP contribution in [0.5, 0.6) is 0 Å². The van der Waals surface area contributed by atoms with E-state index in [1.165, 1.54) is 19.1 Å². The van der Waals surface area contributed by atoms with E-state index in [-0.39, 0.29) is 21.6 Å². The molecule has 27 heavy (non-hydrogen) atoms. The largest absolute Gasteiger partial charge is 0.452 e. The number of halogens is 3. The monoisotopic (exact) mass is 413 g/mol. The summed E-state index contributed by atoms with van der Waals surface area (Å²) in [7, 11) is 0. The number of hydrogen-bond acceptors (Lipinski definition) is 3. The molecular weight excluding hydrogens is 392 g/mol. The van der Waals surface area contributed by atoms with Gasteiger partial charge in [-0.25, -0.2) is 4.39 Å². The van der Waals surface area contributed by atoms with Crippen LogP contribution in [0.3, 0.4) is 0 Å². The van der Waals surface area contributed by atoms with Gasteiger partial charge >= 0.3 is 5.97 Å². The van der Waals surface area contributed by atoms with Crippen molar-refractivity contribution in [1.29, 1.82) is 0 Å². The van der Waals surface area contributed by atoms with E-state index < -0.39 is 23.2 Å².